The lowest BCUT2D eigenvalue weighted by Crippen LogP contribution is -2.24. The standard InChI is InChI=1S/C19H11FN6S.C6H13N/c1-11-16(9-23-25-11)13-5-18(19-14(7-22)8-24-26(19)10-13)27-17-3-2-15(20)4-12(17)6-21;1-7-5-3-2-4-6-7/h2-5,8-10H,1H3,(H,23,25);2-6H2,1H3. The monoisotopic (exact) mass is 473 g/mol. The first-order valence-electron chi connectivity index (χ1n) is 11.0. The van der Waals surface area contributed by atoms with Gasteiger partial charge in [-0.25, -0.2) is 8.91 Å². The van der Waals surface area contributed by atoms with Crippen LogP contribution in [0.25, 0.3) is 16.6 Å². The minimum atomic E-state index is -0.467. The SMILES string of the molecule is CN1CCCCC1.Cc1[nH]ncc1-c1cc(Sc2ccc(F)cc2C#N)c2c(C#N)cnn2c1. The highest BCUT2D eigenvalue weighted by atomic mass is 32.2. The number of halogens is 1. The van der Waals surface area contributed by atoms with Gasteiger partial charge in [-0.3, -0.25) is 5.10 Å². The van der Waals surface area contributed by atoms with E-state index in [0.29, 0.717) is 16.0 Å². The molecule has 0 unspecified atom stereocenters. The molecule has 0 aliphatic carbocycles. The Balaban J connectivity index is 0.000000336. The summed E-state index contributed by atoms with van der Waals surface area (Å²) < 4.78 is 15.1. The number of hydrogen-bond donors (Lipinski definition) is 1. The van der Waals surface area contributed by atoms with Crippen LogP contribution < -0.4 is 0 Å². The molecular formula is C25H24FN7S. The minimum absolute atomic E-state index is 0.237. The summed E-state index contributed by atoms with van der Waals surface area (Å²) in [7, 11) is 2.19. The van der Waals surface area contributed by atoms with Crippen LogP contribution in [-0.2, 0) is 0 Å². The molecule has 0 bridgehead atoms. The molecule has 9 heteroatoms. The van der Waals surface area contributed by atoms with Crippen LogP contribution in [0.5, 0.6) is 0 Å². The first-order chi connectivity index (χ1) is 16.5. The number of hydrogen-bond acceptors (Lipinski definition) is 6. The molecule has 1 saturated heterocycles. The number of aryl methyl sites for hydroxylation is 1. The Morgan fingerprint density at radius 1 is 1.03 bits per heavy atom. The van der Waals surface area contributed by atoms with Crippen LogP contribution in [0.15, 0.2) is 52.6 Å². The van der Waals surface area contributed by atoms with Crippen LogP contribution in [-0.4, -0.2) is 44.8 Å². The number of piperidine rings is 1. The van der Waals surface area contributed by atoms with E-state index in [1.165, 1.54) is 62.4 Å². The maximum absolute atomic E-state index is 13.5. The molecule has 0 radical (unpaired) electrons. The fraction of sp³-hybridized carbons (Fsp3) is 0.280. The third kappa shape index (κ3) is 5.12. The molecule has 3 aromatic heterocycles. The van der Waals surface area contributed by atoms with Crippen LogP contribution in [0.2, 0.25) is 0 Å². The summed E-state index contributed by atoms with van der Waals surface area (Å²) in [5.74, 6) is -0.467. The van der Waals surface area contributed by atoms with Crippen molar-refractivity contribution in [1.29, 1.82) is 10.5 Å². The third-order valence-corrected chi connectivity index (χ3v) is 6.81. The summed E-state index contributed by atoms with van der Waals surface area (Å²) in [5, 5.41) is 30.0. The highest BCUT2D eigenvalue weighted by molar-refractivity contribution is 7.99. The maximum Gasteiger partial charge on any atom is 0.124 e. The highest BCUT2D eigenvalue weighted by Crippen LogP contribution is 2.37. The zero-order valence-corrected chi connectivity index (χ0v) is 19.9. The number of fused-ring (bicyclic) bond motifs is 1. The molecule has 172 valence electrons. The predicted octanol–water partition coefficient (Wildman–Crippen LogP) is 5.17. The van der Waals surface area contributed by atoms with Crippen molar-refractivity contribution in [2.75, 3.05) is 20.1 Å². The number of benzene rings is 1. The summed E-state index contributed by atoms with van der Waals surface area (Å²) >= 11 is 1.30. The Labute approximate surface area is 201 Å². The van der Waals surface area contributed by atoms with Gasteiger partial charge in [0.2, 0.25) is 0 Å². The lowest BCUT2D eigenvalue weighted by atomic mass is 10.1. The molecular weight excluding hydrogens is 449 g/mol. The summed E-state index contributed by atoms with van der Waals surface area (Å²) in [6.07, 6.45) is 9.32. The quantitative estimate of drug-likeness (QED) is 0.441. The normalized spacial score (nSPS) is 13.7. The number of nitrogens with one attached hydrogen (secondary N) is 1. The zero-order chi connectivity index (χ0) is 24.1. The van der Waals surface area contributed by atoms with Gasteiger partial charge in [-0.05, 0) is 64.2 Å². The van der Waals surface area contributed by atoms with E-state index in [1.807, 2.05) is 25.3 Å². The van der Waals surface area contributed by atoms with Gasteiger partial charge in [0, 0.05) is 32.8 Å². The van der Waals surface area contributed by atoms with Crippen LogP contribution in [0.4, 0.5) is 4.39 Å². The Hall–Kier alpha value is -3.66. The van der Waals surface area contributed by atoms with Crippen molar-refractivity contribution in [3.05, 3.63) is 65.5 Å². The molecule has 4 aromatic rings. The molecule has 1 fully saturated rings. The lowest BCUT2D eigenvalue weighted by molar-refractivity contribution is 0.277. The number of nitrogens with zero attached hydrogens (tertiary/aromatic N) is 6. The van der Waals surface area contributed by atoms with Gasteiger partial charge in [0.25, 0.3) is 0 Å². The van der Waals surface area contributed by atoms with E-state index >= 15 is 0 Å². The predicted molar refractivity (Wildman–Crippen MR) is 129 cm³/mol. The van der Waals surface area contributed by atoms with Crippen LogP contribution in [0.3, 0.4) is 0 Å². The first kappa shape index (κ1) is 23.5. The molecule has 1 aromatic carbocycles. The number of likely N-dealkylation sites (tertiary alicyclic amines) is 1. The summed E-state index contributed by atoms with van der Waals surface area (Å²) in [5.41, 5.74) is 3.98. The van der Waals surface area contributed by atoms with Crippen molar-refractivity contribution >= 4 is 17.3 Å². The topological polar surface area (TPSA) is 96.8 Å². The van der Waals surface area contributed by atoms with E-state index in [4.69, 9.17) is 0 Å². The molecule has 0 saturated carbocycles. The van der Waals surface area contributed by atoms with Gasteiger partial charge in [0.1, 0.15) is 18.0 Å². The first-order valence-corrected chi connectivity index (χ1v) is 11.8. The smallest absolute Gasteiger partial charge is 0.124 e. The Morgan fingerprint density at radius 2 is 1.79 bits per heavy atom. The Kier molecular flexibility index (Phi) is 7.27. The molecule has 5 rings (SSSR count). The maximum atomic E-state index is 13.5. The van der Waals surface area contributed by atoms with Gasteiger partial charge in [-0.2, -0.15) is 20.7 Å². The van der Waals surface area contributed by atoms with Crippen LogP contribution >= 0.6 is 11.8 Å². The number of aromatic amines is 1. The second-order valence-electron chi connectivity index (χ2n) is 8.18. The number of nitriles is 2. The van der Waals surface area contributed by atoms with Crippen LogP contribution in [0, 0.1) is 35.4 Å². The van der Waals surface area contributed by atoms with Gasteiger partial charge >= 0.3 is 0 Å². The largest absolute Gasteiger partial charge is 0.306 e. The fourth-order valence-electron chi connectivity index (χ4n) is 3.88. The van der Waals surface area contributed by atoms with Crippen molar-refractivity contribution < 1.29 is 4.39 Å². The molecule has 1 aliphatic rings. The second kappa shape index (κ2) is 10.5. The van der Waals surface area contributed by atoms with Crippen molar-refractivity contribution in [1.82, 2.24) is 24.7 Å². The van der Waals surface area contributed by atoms with Crippen molar-refractivity contribution in [3.63, 3.8) is 0 Å². The highest BCUT2D eigenvalue weighted by Gasteiger charge is 2.16. The molecule has 0 spiro atoms. The van der Waals surface area contributed by atoms with Crippen LogP contribution in [0.1, 0.15) is 36.1 Å². The van der Waals surface area contributed by atoms with E-state index < -0.39 is 5.82 Å². The lowest BCUT2D eigenvalue weighted by Gasteiger charge is -2.20. The molecule has 4 heterocycles. The number of aromatic nitrogens is 4. The van der Waals surface area contributed by atoms with Crippen molar-refractivity contribution in [2.24, 2.45) is 0 Å². The summed E-state index contributed by atoms with van der Waals surface area (Å²) in [6, 6.07) is 10.1. The number of H-pyrrole nitrogens is 1. The van der Waals surface area contributed by atoms with Gasteiger partial charge < -0.3 is 4.90 Å². The zero-order valence-electron chi connectivity index (χ0n) is 19.0. The van der Waals surface area contributed by atoms with Crippen molar-refractivity contribution in [2.45, 2.75) is 36.0 Å². The molecule has 1 aliphatic heterocycles. The van der Waals surface area contributed by atoms with E-state index in [0.717, 1.165) is 21.7 Å². The number of pyridine rings is 1. The third-order valence-electron chi connectivity index (χ3n) is 5.70. The Bertz CT molecular complexity index is 1390. The second-order valence-corrected chi connectivity index (χ2v) is 9.27. The molecule has 0 atom stereocenters. The molecule has 7 nitrogen and oxygen atoms in total. The average molecular weight is 474 g/mol. The molecule has 0 amide bonds. The summed E-state index contributed by atoms with van der Waals surface area (Å²) in [6.45, 7) is 4.55. The van der Waals surface area contributed by atoms with E-state index in [2.05, 4.69) is 33.3 Å². The molecule has 34 heavy (non-hydrogen) atoms. The minimum Gasteiger partial charge on any atom is -0.306 e. The Morgan fingerprint density at radius 3 is 2.41 bits per heavy atom. The summed E-state index contributed by atoms with van der Waals surface area (Å²) in [4.78, 5) is 3.74. The van der Waals surface area contributed by atoms with E-state index in [-0.39, 0.29) is 5.56 Å². The van der Waals surface area contributed by atoms with Gasteiger partial charge in [0.05, 0.1) is 29.0 Å². The average Bonchev–Trinajstić information content (AvgIpc) is 3.47. The number of rotatable bonds is 3. The van der Waals surface area contributed by atoms with Gasteiger partial charge in [-0.1, -0.05) is 18.2 Å². The van der Waals surface area contributed by atoms with Gasteiger partial charge in [0.15, 0.2) is 0 Å². The van der Waals surface area contributed by atoms with E-state index in [9.17, 15) is 14.9 Å². The molecule has 1 N–H and O–H groups in total. The van der Waals surface area contributed by atoms with Gasteiger partial charge in [-0.15, -0.1) is 0 Å². The van der Waals surface area contributed by atoms with Crippen molar-refractivity contribution in [3.8, 4) is 23.3 Å². The fourth-order valence-corrected chi connectivity index (χ4v) is 4.96. The van der Waals surface area contributed by atoms with E-state index in [1.54, 1.807) is 16.8 Å².